The molecule has 0 aliphatic heterocycles. The van der Waals surface area contributed by atoms with E-state index in [0.29, 0.717) is 0 Å². The molecule has 0 atom stereocenters. The van der Waals surface area contributed by atoms with Crippen molar-refractivity contribution in [2.75, 3.05) is 10.6 Å². The molecular formula is C18H21F3N6O. The van der Waals surface area contributed by atoms with Crippen LogP contribution in [0.4, 0.5) is 30.6 Å². The number of nitrogens with one attached hydrogen (secondary N) is 2. The molecule has 10 heteroatoms. The van der Waals surface area contributed by atoms with E-state index in [2.05, 4.69) is 25.7 Å². The number of nitrogens with zero attached hydrogens (tertiary/aromatic N) is 4. The summed E-state index contributed by atoms with van der Waals surface area (Å²) in [5, 5.41) is 9.78. The third-order valence-corrected chi connectivity index (χ3v) is 5.27. The third-order valence-electron chi connectivity index (χ3n) is 5.27. The zero-order valence-corrected chi connectivity index (χ0v) is 15.4. The van der Waals surface area contributed by atoms with Gasteiger partial charge in [-0.15, -0.1) is 0 Å². The Kier molecular flexibility index (Phi) is 4.51. The Labute approximate surface area is 159 Å². The lowest BCUT2D eigenvalue weighted by Gasteiger charge is -2.17. The Morgan fingerprint density at radius 3 is 2.54 bits per heavy atom. The van der Waals surface area contributed by atoms with Crippen LogP contribution >= 0.6 is 0 Å². The van der Waals surface area contributed by atoms with Crippen LogP contribution in [-0.4, -0.2) is 25.3 Å². The molecule has 2 saturated carbocycles. The molecule has 2 heterocycles. The van der Waals surface area contributed by atoms with Gasteiger partial charge in [0.1, 0.15) is 11.4 Å². The van der Waals surface area contributed by atoms with Gasteiger partial charge in [0.05, 0.1) is 17.9 Å². The van der Waals surface area contributed by atoms with Crippen molar-refractivity contribution in [1.29, 1.82) is 0 Å². The van der Waals surface area contributed by atoms with E-state index in [1.165, 1.54) is 16.9 Å². The Hall–Kier alpha value is -2.65. The molecule has 7 nitrogen and oxygen atoms in total. The molecule has 0 aromatic carbocycles. The molecule has 0 unspecified atom stereocenters. The maximum Gasteiger partial charge on any atom is 0.421 e. The summed E-state index contributed by atoms with van der Waals surface area (Å²) in [6, 6.07) is 1.31. The van der Waals surface area contributed by atoms with Gasteiger partial charge in [0.2, 0.25) is 5.95 Å². The van der Waals surface area contributed by atoms with E-state index in [1.807, 2.05) is 6.92 Å². The van der Waals surface area contributed by atoms with Crippen molar-refractivity contribution in [3.8, 4) is 0 Å². The molecule has 0 radical (unpaired) electrons. The topological polar surface area (TPSA) is 84.7 Å². The fraction of sp³-hybridized carbons (Fsp3) is 0.556. The summed E-state index contributed by atoms with van der Waals surface area (Å²) in [4.78, 5) is 20.1. The van der Waals surface area contributed by atoms with Crippen LogP contribution in [0.5, 0.6) is 0 Å². The van der Waals surface area contributed by atoms with Crippen LogP contribution in [0.1, 0.15) is 57.1 Å². The molecule has 2 N–H and O–H groups in total. The molecule has 4 rings (SSSR count). The highest BCUT2D eigenvalue weighted by Crippen LogP contribution is 2.39. The molecule has 0 spiro atoms. The Morgan fingerprint density at radius 2 is 1.93 bits per heavy atom. The minimum Gasteiger partial charge on any atom is -0.349 e. The predicted molar refractivity (Wildman–Crippen MR) is 97.6 cm³/mol. The molecule has 28 heavy (non-hydrogen) atoms. The zero-order valence-electron chi connectivity index (χ0n) is 15.4. The molecular weight excluding hydrogens is 373 g/mol. The van der Waals surface area contributed by atoms with Crippen molar-refractivity contribution in [2.24, 2.45) is 0 Å². The van der Waals surface area contributed by atoms with Gasteiger partial charge in [-0.2, -0.15) is 23.3 Å². The van der Waals surface area contributed by atoms with E-state index < -0.39 is 17.6 Å². The number of hydrogen-bond acceptors (Lipinski definition) is 6. The first kappa shape index (κ1) is 18.7. The predicted octanol–water partition coefficient (Wildman–Crippen LogP) is 3.88. The minimum atomic E-state index is -4.63. The molecule has 0 amide bonds. The summed E-state index contributed by atoms with van der Waals surface area (Å²) >= 11 is 0. The van der Waals surface area contributed by atoms with Gasteiger partial charge in [-0.25, -0.2) is 9.67 Å². The largest absolute Gasteiger partial charge is 0.421 e. The van der Waals surface area contributed by atoms with Gasteiger partial charge in [0, 0.05) is 17.8 Å². The summed E-state index contributed by atoms with van der Waals surface area (Å²) in [7, 11) is 0. The first-order chi connectivity index (χ1) is 13.2. The van der Waals surface area contributed by atoms with Gasteiger partial charge in [-0.05, 0) is 32.6 Å². The van der Waals surface area contributed by atoms with E-state index in [1.54, 1.807) is 0 Å². The van der Waals surface area contributed by atoms with E-state index >= 15 is 0 Å². The fourth-order valence-electron chi connectivity index (χ4n) is 3.37. The molecule has 0 saturated heterocycles. The number of hydrogen-bond donors (Lipinski definition) is 2. The summed E-state index contributed by atoms with van der Waals surface area (Å²) in [6.45, 7) is 1.95. The second-order valence-corrected chi connectivity index (χ2v) is 7.73. The van der Waals surface area contributed by atoms with Crippen LogP contribution in [0.3, 0.4) is 0 Å². The lowest BCUT2D eigenvalue weighted by molar-refractivity contribution is -0.137. The maximum absolute atomic E-state index is 13.4. The number of aromatic nitrogens is 4. The molecule has 150 valence electrons. The lowest BCUT2D eigenvalue weighted by Crippen LogP contribution is -2.25. The first-order valence-electron chi connectivity index (χ1n) is 9.32. The van der Waals surface area contributed by atoms with Gasteiger partial charge in [-0.3, -0.25) is 4.79 Å². The zero-order chi connectivity index (χ0) is 19.9. The fourth-order valence-corrected chi connectivity index (χ4v) is 3.37. The van der Waals surface area contributed by atoms with Crippen LogP contribution in [0, 0.1) is 0 Å². The highest BCUT2D eigenvalue weighted by molar-refractivity contribution is 5.60. The number of alkyl halides is 3. The number of halogens is 3. The van der Waals surface area contributed by atoms with Crippen molar-refractivity contribution >= 4 is 17.5 Å². The van der Waals surface area contributed by atoms with Crippen LogP contribution in [0.2, 0.25) is 0 Å². The van der Waals surface area contributed by atoms with E-state index in [9.17, 15) is 18.0 Å². The quantitative estimate of drug-likeness (QED) is 0.801. The molecule has 2 aliphatic rings. The molecule has 2 fully saturated rings. The standard InChI is InChI=1S/C18H21F3N6O/c1-17(6-7-17)26-16-22-10-13(18(19,20)21)15(25-16)24-11-8-14(28)27(23-9-11)12-4-2-3-5-12/h8-10,12H,2-7H2,1H3,(H2,22,24,25,26). The second-order valence-electron chi connectivity index (χ2n) is 7.73. The van der Waals surface area contributed by atoms with Gasteiger partial charge >= 0.3 is 6.18 Å². The highest BCUT2D eigenvalue weighted by Gasteiger charge is 2.39. The summed E-state index contributed by atoms with van der Waals surface area (Å²) in [5.74, 6) is -0.295. The summed E-state index contributed by atoms with van der Waals surface area (Å²) < 4.78 is 41.5. The number of rotatable bonds is 5. The molecule has 0 bridgehead atoms. The van der Waals surface area contributed by atoms with Gasteiger partial charge < -0.3 is 10.6 Å². The van der Waals surface area contributed by atoms with Crippen molar-refractivity contribution in [1.82, 2.24) is 19.7 Å². The maximum atomic E-state index is 13.4. The van der Waals surface area contributed by atoms with Crippen molar-refractivity contribution in [3.05, 3.63) is 34.4 Å². The van der Waals surface area contributed by atoms with Crippen molar-refractivity contribution < 1.29 is 13.2 Å². The van der Waals surface area contributed by atoms with Crippen molar-refractivity contribution in [3.63, 3.8) is 0 Å². The smallest absolute Gasteiger partial charge is 0.349 e. The number of anilines is 3. The summed E-state index contributed by atoms with van der Waals surface area (Å²) in [6.07, 6.45) is 3.15. The van der Waals surface area contributed by atoms with Crippen molar-refractivity contribution in [2.45, 2.75) is 63.2 Å². The normalized spacial score (nSPS) is 18.9. The van der Waals surface area contributed by atoms with Gasteiger partial charge in [0.15, 0.2) is 0 Å². The van der Waals surface area contributed by atoms with E-state index in [4.69, 9.17) is 0 Å². The Morgan fingerprint density at radius 1 is 1.21 bits per heavy atom. The van der Waals surface area contributed by atoms with Gasteiger partial charge in [0.25, 0.3) is 5.56 Å². The van der Waals surface area contributed by atoms with E-state index in [-0.39, 0.29) is 28.8 Å². The average molecular weight is 394 g/mol. The van der Waals surface area contributed by atoms with Crippen LogP contribution in [-0.2, 0) is 6.18 Å². The van der Waals surface area contributed by atoms with E-state index in [0.717, 1.165) is 44.7 Å². The van der Waals surface area contributed by atoms with Crippen LogP contribution < -0.4 is 16.2 Å². The van der Waals surface area contributed by atoms with Crippen LogP contribution in [0.25, 0.3) is 0 Å². The lowest BCUT2D eigenvalue weighted by atomic mass is 10.2. The molecule has 2 aliphatic carbocycles. The summed E-state index contributed by atoms with van der Waals surface area (Å²) in [5.41, 5.74) is -1.37. The Balaban J connectivity index is 1.62. The Bertz CT molecular complexity index is 932. The van der Waals surface area contributed by atoms with Crippen LogP contribution in [0.15, 0.2) is 23.3 Å². The SMILES string of the molecule is CC1(Nc2ncc(C(F)(F)F)c(Nc3cnn(C4CCCC4)c(=O)c3)n2)CC1. The average Bonchev–Trinajstić information content (AvgIpc) is 3.10. The third kappa shape index (κ3) is 3.95. The second kappa shape index (κ2) is 6.75. The monoisotopic (exact) mass is 394 g/mol. The van der Waals surface area contributed by atoms with Gasteiger partial charge in [-0.1, -0.05) is 12.8 Å². The molecule has 2 aromatic heterocycles. The molecule has 2 aromatic rings. The first-order valence-corrected chi connectivity index (χ1v) is 9.32. The highest BCUT2D eigenvalue weighted by atomic mass is 19.4. The minimum absolute atomic E-state index is 0.0569.